The van der Waals surface area contributed by atoms with E-state index < -0.39 is 26.8 Å². The molecule has 0 spiro atoms. The number of sulfonamides is 1. The quantitative estimate of drug-likeness (QED) is 0.432. The Morgan fingerprint density at radius 3 is 2.63 bits per heavy atom. The van der Waals surface area contributed by atoms with Crippen LogP contribution < -0.4 is 14.8 Å². The van der Waals surface area contributed by atoms with Gasteiger partial charge in [-0.3, -0.25) is 19.5 Å². The first kappa shape index (κ1) is 24.5. The SMILES string of the molecule is CCOc1cncc(-c2ccc(NC(=O)[C@](F)(CC)c3cc(NS(=O)(=O)C4CC4)ccn3)nc2)n1. The number of nitrogens with one attached hydrogen (secondary N) is 2. The Hall–Kier alpha value is -3.67. The second-order valence-electron chi connectivity index (χ2n) is 7.99. The van der Waals surface area contributed by atoms with Crippen LogP contribution in [-0.4, -0.2) is 46.1 Å². The summed E-state index contributed by atoms with van der Waals surface area (Å²) >= 11 is 0. The van der Waals surface area contributed by atoms with Crippen LogP contribution in [0.15, 0.2) is 49.1 Å². The molecule has 35 heavy (non-hydrogen) atoms. The molecule has 0 bridgehead atoms. The van der Waals surface area contributed by atoms with Crippen LogP contribution in [0.3, 0.4) is 0 Å². The van der Waals surface area contributed by atoms with Crippen LogP contribution in [0.4, 0.5) is 15.9 Å². The van der Waals surface area contributed by atoms with Gasteiger partial charge in [-0.15, -0.1) is 0 Å². The first-order chi connectivity index (χ1) is 16.7. The van der Waals surface area contributed by atoms with Crippen LogP contribution in [-0.2, 0) is 20.5 Å². The van der Waals surface area contributed by atoms with E-state index in [0.29, 0.717) is 36.6 Å². The molecule has 2 N–H and O–H groups in total. The summed E-state index contributed by atoms with van der Waals surface area (Å²) in [5.74, 6) is -0.455. The Labute approximate surface area is 202 Å². The predicted octanol–water partition coefficient (Wildman–Crippen LogP) is 3.45. The van der Waals surface area contributed by atoms with Crippen molar-refractivity contribution < 1.29 is 22.3 Å². The highest BCUT2D eigenvalue weighted by Gasteiger charge is 2.41. The smallest absolute Gasteiger partial charge is 0.269 e. The molecule has 1 atom stereocenters. The molecule has 3 aromatic rings. The lowest BCUT2D eigenvalue weighted by Gasteiger charge is -2.22. The number of carbonyl (C=O) groups is 1. The minimum atomic E-state index is -3.54. The summed E-state index contributed by atoms with van der Waals surface area (Å²) in [4.78, 5) is 29.5. The molecule has 1 fully saturated rings. The minimum Gasteiger partial charge on any atom is -0.477 e. The summed E-state index contributed by atoms with van der Waals surface area (Å²) in [6.45, 7) is 3.80. The van der Waals surface area contributed by atoms with Gasteiger partial charge in [-0.1, -0.05) is 6.92 Å². The molecule has 0 aliphatic heterocycles. The Morgan fingerprint density at radius 1 is 1.17 bits per heavy atom. The van der Waals surface area contributed by atoms with Gasteiger partial charge in [0.1, 0.15) is 5.82 Å². The van der Waals surface area contributed by atoms with E-state index in [4.69, 9.17) is 4.74 Å². The summed E-state index contributed by atoms with van der Waals surface area (Å²) in [6, 6.07) is 5.84. The number of rotatable bonds is 10. The molecular weight excluding hydrogens is 475 g/mol. The molecule has 1 saturated carbocycles. The molecule has 0 radical (unpaired) electrons. The van der Waals surface area contributed by atoms with Crippen LogP contribution in [0.5, 0.6) is 5.88 Å². The number of hydrogen-bond donors (Lipinski definition) is 2. The van der Waals surface area contributed by atoms with E-state index in [1.54, 1.807) is 12.3 Å². The van der Waals surface area contributed by atoms with E-state index in [1.165, 1.54) is 43.7 Å². The summed E-state index contributed by atoms with van der Waals surface area (Å²) < 4.78 is 48.1. The van der Waals surface area contributed by atoms with Crippen molar-refractivity contribution in [3.8, 4) is 17.1 Å². The summed E-state index contributed by atoms with van der Waals surface area (Å²) in [5.41, 5.74) is -1.38. The van der Waals surface area contributed by atoms with Gasteiger partial charge in [-0.2, -0.15) is 0 Å². The molecule has 184 valence electrons. The highest BCUT2D eigenvalue weighted by atomic mass is 32.2. The molecule has 0 unspecified atom stereocenters. The van der Waals surface area contributed by atoms with E-state index in [0.717, 1.165) is 0 Å². The van der Waals surface area contributed by atoms with Crippen molar-refractivity contribution in [2.24, 2.45) is 0 Å². The number of hydrogen-bond acceptors (Lipinski definition) is 8. The Bertz CT molecular complexity index is 1320. The number of amides is 1. The van der Waals surface area contributed by atoms with Crippen LogP contribution >= 0.6 is 0 Å². The van der Waals surface area contributed by atoms with Crippen molar-refractivity contribution in [1.82, 2.24) is 19.9 Å². The third kappa shape index (κ3) is 5.53. The Morgan fingerprint density at radius 2 is 1.97 bits per heavy atom. The fourth-order valence-corrected chi connectivity index (χ4v) is 4.71. The van der Waals surface area contributed by atoms with Gasteiger partial charge in [-0.25, -0.2) is 22.8 Å². The Kier molecular flexibility index (Phi) is 6.92. The van der Waals surface area contributed by atoms with E-state index in [1.807, 2.05) is 6.92 Å². The van der Waals surface area contributed by atoms with E-state index in [-0.39, 0.29) is 23.6 Å². The number of halogens is 1. The van der Waals surface area contributed by atoms with Crippen LogP contribution in [0.1, 0.15) is 38.8 Å². The third-order valence-corrected chi connectivity index (χ3v) is 7.31. The van der Waals surface area contributed by atoms with Crippen molar-refractivity contribution in [3.63, 3.8) is 0 Å². The molecule has 1 aliphatic carbocycles. The molecule has 10 nitrogen and oxygen atoms in total. The molecule has 3 heterocycles. The second-order valence-corrected chi connectivity index (χ2v) is 9.95. The molecule has 0 saturated heterocycles. The monoisotopic (exact) mass is 500 g/mol. The largest absolute Gasteiger partial charge is 0.477 e. The molecular formula is C23H25FN6O4S. The van der Waals surface area contributed by atoms with Crippen LogP contribution in [0.2, 0.25) is 0 Å². The summed E-state index contributed by atoms with van der Waals surface area (Å²) in [6.07, 6.45) is 6.76. The molecule has 3 aromatic heterocycles. The average molecular weight is 501 g/mol. The van der Waals surface area contributed by atoms with Gasteiger partial charge < -0.3 is 10.1 Å². The van der Waals surface area contributed by atoms with Crippen LogP contribution in [0.25, 0.3) is 11.3 Å². The molecule has 0 aromatic carbocycles. The van der Waals surface area contributed by atoms with E-state index in [2.05, 4.69) is 30.0 Å². The number of anilines is 2. The van der Waals surface area contributed by atoms with Crippen molar-refractivity contribution in [1.29, 1.82) is 0 Å². The van der Waals surface area contributed by atoms with Gasteiger partial charge in [0.25, 0.3) is 5.91 Å². The number of aromatic nitrogens is 4. The second kappa shape index (κ2) is 9.90. The molecule has 1 amide bonds. The number of alkyl halides is 1. The zero-order chi connectivity index (χ0) is 25.1. The minimum absolute atomic E-state index is 0.133. The first-order valence-corrected chi connectivity index (χ1v) is 12.7. The lowest BCUT2D eigenvalue weighted by atomic mass is 9.96. The van der Waals surface area contributed by atoms with Crippen molar-refractivity contribution >= 4 is 27.4 Å². The average Bonchev–Trinajstić information content (AvgIpc) is 3.71. The van der Waals surface area contributed by atoms with E-state index in [9.17, 15) is 13.2 Å². The van der Waals surface area contributed by atoms with Gasteiger partial charge >= 0.3 is 0 Å². The summed E-state index contributed by atoms with van der Waals surface area (Å²) in [5, 5.41) is 2.03. The highest BCUT2D eigenvalue weighted by molar-refractivity contribution is 7.93. The lowest BCUT2D eigenvalue weighted by molar-refractivity contribution is -0.128. The van der Waals surface area contributed by atoms with Crippen LogP contribution in [0, 0.1) is 0 Å². The van der Waals surface area contributed by atoms with Crippen molar-refractivity contribution in [3.05, 3.63) is 54.7 Å². The normalized spacial score (nSPS) is 15.2. The van der Waals surface area contributed by atoms with Gasteiger partial charge in [-0.05, 0) is 50.5 Å². The topological polar surface area (TPSA) is 136 Å². The zero-order valence-corrected chi connectivity index (χ0v) is 20.0. The predicted molar refractivity (Wildman–Crippen MR) is 128 cm³/mol. The Balaban J connectivity index is 1.50. The number of nitrogens with zero attached hydrogens (tertiary/aromatic N) is 4. The molecule has 12 heteroatoms. The van der Waals surface area contributed by atoms with Crippen molar-refractivity contribution in [2.75, 3.05) is 16.6 Å². The standard InChI is InChI=1S/C23H25FN6O4S/c1-3-23(24,19-11-16(9-10-26-19)30-35(32,33)17-6-7-17)22(31)29-20-8-5-15(12-27-20)18-13-25-14-21(28-18)34-4-2/h5,8-14,17H,3-4,6-7H2,1-2H3,(H,26,30)(H,27,29,31)/t23-/m0/s1. The van der Waals surface area contributed by atoms with Gasteiger partial charge in [0, 0.05) is 18.0 Å². The maximum atomic E-state index is 15.9. The molecule has 1 aliphatic rings. The highest BCUT2D eigenvalue weighted by Crippen LogP contribution is 2.33. The fourth-order valence-electron chi connectivity index (χ4n) is 3.33. The lowest BCUT2D eigenvalue weighted by Crippen LogP contribution is -2.37. The zero-order valence-electron chi connectivity index (χ0n) is 19.2. The van der Waals surface area contributed by atoms with Gasteiger partial charge in [0.2, 0.25) is 21.6 Å². The number of carbonyl (C=O) groups excluding carboxylic acids is 1. The molecule has 4 rings (SSSR count). The number of ether oxygens (including phenoxy) is 1. The fraction of sp³-hybridized carbons (Fsp3) is 0.348. The van der Waals surface area contributed by atoms with Crippen molar-refractivity contribution in [2.45, 2.75) is 44.0 Å². The third-order valence-electron chi connectivity index (χ3n) is 5.44. The maximum absolute atomic E-state index is 15.9. The van der Waals surface area contributed by atoms with Gasteiger partial charge in [0.05, 0.1) is 41.3 Å². The van der Waals surface area contributed by atoms with Gasteiger partial charge in [0.15, 0.2) is 0 Å². The first-order valence-electron chi connectivity index (χ1n) is 11.1. The van der Waals surface area contributed by atoms with E-state index >= 15 is 4.39 Å². The maximum Gasteiger partial charge on any atom is 0.269 e. The summed E-state index contributed by atoms with van der Waals surface area (Å²) in [7, 11) is -3.54. The number of pyridine rings is 2.